The minimum atomic E-state index is -0.231. The Morgan fingerprint density at radius 3 is 2.54 bits per heavy atom. The predicted molar refractivity (Wildman–Crippen MR) is 110 cm³/mol. The first-order valence-electron chi connectivity index (χ1n) is 8.80. The highest BCUT2D eigenvalue weighted by molar-refractivity contribution is 6.30. The molecule has 2 aromatic carbocycles. The largest absolute Gasteiger partial charge is 0.489 e. The third kappa shape index (κ3) is 5.69. The second-order valence-corrected chi connectivity index (χ2v) is 6.80. The van der Waals surface area contributed by atoms with Crippen molar-refractivity contribution in [1.82, 2.24) is 15.2 Å². The number of nitrogens with one attached hydrogen (secondary N) is 1. The van der Waals surface area contributed by atoms with Crippen LogP contribution in [0.3, 0.4) is 0 Å². The van der Waals surface area contributed by atoms with Crippen LogP contribution in [0.5, 0.6) is 5.75 Å². The van der Waals surface area contributed by atoms with Crippen LogP contribution in [-0.4, -0.2) is 21.9 Å². The molecule has 0 saturated carbocycles. The number of aryl methyl sites for hydroxylation is 2. The number of rotatable bonds is 7. The average molecular weight is 397 g/mol. The number of hydrazone groups is 1. The fourth-order valence-corrected chi connectivity index (χ4v) is 2.71. The molecule has 1 heterocycles. The van der Waals surface area contributed by atoms with Gasteiger partial charge in [-0.25, -0.2) is 5.43 Å². The van der Waals surface area contributed by atoms with Crippen LogP contribution in [0.4, 0.5) is 0 Å². The summed E-state index contributed by atoms with van der Waals surface area (Å²) in [4.78, 5) is 11.9. The summed E-state index contributed by atoms with van der Waals surface area (Å²) in [5.74, 6) is 0.519. The second-order valence-electron chi connectivity index (χ2n) is 6.36. The van der Waals surface area contributed by atoms with Crippen molar-refractivity contribution in [2.75, 3.05) is 0 Å². The van der Waals surface area contributed by atoms with Gasteiger partial charge in [-0.3, -0.25) is 9.48 Å². The highest BCUT2D eigenvalue weighted by atomic mass is 35.5. The van der Waals surface area contributed by atoms with E-state index in [0.29, 0.717) is 11.6 Å². The third-order valence-electron chi connectivity index (χ3n) is 4.00. The molecule has 0 unspecified atom stereocenters. The van der Waals surface area contributed by atoms with Gasteiger partial charge in [0.25, 0.3) is 5.91 Å². The van der Waals surface area contributed by atoms with Crippen LogP contribution in [0.1, 0.15) is 22.5 Å². The normalized spacial score (nSPS) is 11.0. The SMILES string of the molecule is Cc1cc(C)n(CC(=O)N/N=C\c2ccc(OCc3ccc(Cl)cc3)cc2)n1. The minimum absolute atomic E-state index is 0.133. The van der Waals surface area contributed by atoms with Gasteiger partial charge in [-0.15, -0.1) is 0 Å². The average Bonchev–Trinajstić information content (AvgIpc) is 2.99. The summed E-state index contributed by atoms with van der Waals surface area (Å²) in [6, 6.07) is 16.9. The van der Waals surface area contributed by atoms with Crippen LogP contribution in [0.2, 0.25) is 5.02 Å². The molecule has 0 fully saturated rings. The number of nitrogens with zero attached hydrogens (tertiary/aromatic N) is 3. The molecule has 144 valence electrons. The lowest BCUT2D eigenvalue weighted by atomic mass is 10.2. The maximum absolute atomic E-state index is 11.9. The van der Waals surface area contributed by atoms with E-state index < -0.39 is 0 Å². The van der Waals surface area contributed by atoms with Crippen LogP contribution in [0.15, 0.2) is 59.7 Å². The Labute approximate surface area is 168 Å². The molecule has 0 radical (unpaired) electrons. The molecule has 28 heavy (non-hydrogen) atoms. The summed E-state index contributed by atoms with van der Waals surface area (Å²) < 4.78 is 7.39. The van der Waals surface area contributed by atoms with Crippen molar-refractivity contribution in [2.24, 2.45) is 5.10 Å². The molecular formula is C21H21ClN4O2. The summed E-state index contributed by atoms with van der Waals surface area (Å²) in [5, 5.41) is 8.94. The zero-order valence-corrected chi connectivity index (χ0v) is 16.5. The first-order valence-corrected chi connectivity index (χ1v) is 9.17. The minimum Gasteiger partial charge on any atom is -0.489 e. The summed E-state index contributed by atoms with van der Waals surface area (Å²) in [5.41, 5.74) is 6.22. The second kappa shape index (κ2) is 9.19. The molecular weight excluding hydrogens is 376 g/mol. The lowest BCUT2D eigenvalue weighted by molar-refractivity contribution is -0.121. The molecule has 0 saturated heterocycles. The molecule has 1 N–H and O–H groups in total. The first kappa shape index (κ1) is 19.6. The van der Waals surface area contributed by atoms with Crippen molar-refractivity contribution in [3.8, 4) is 5.75 Å². The molecule has 1 amide bonds. The van der Waals surface area contributed by atoms with Gasteiger partial charge in [-0.1, -0.05) is 23.7 Å². The zero-order valence-electron chi connectivity index (χ0n) is 15.7. The first-order chi connectivity index (χ1) is 13.5. The highest BCUT2D eigenvalue weighted by Gasteiger charge is 2.05. The number of hydrogen-bond donors (Lipinski definition) is 1. The van der Waals surface area contributed by atoms with Crippen molar-refractivity contribution in [3.05, 3.63) is 82.1 Å². The summed E-state index contributed by atoms with van der Waals surface area (Å²) >= 11 is 5.87. The number of hydrogen-bond acceptors (Lipinski definition) is 4. The Kier molecular flexibility index (Phi) is 6.45. The lowest BCUT2D eigenvalue weighted by Crippen LogP contribution is -2.24. The highest BCUT2D eigenvalue weighted by Crippen LogP contribution is 2.15. The quantitative estimate of drug-likeness (QED) is 0.486. The Morgan fingerprint density at radius 2 is 1.89 bits per heavy atom. The van der Waals surface area contributed by atoms with Gasteiger partial charge < -0.3 is 4.74 Å². The predicted octanol–water partition coefficient (Wildman–Crippen LogP) is 3.88. The van der Waals surface area contributed by atoms with Crippen LogP contribution in [0, 0.1) is 13.8 Å². The number of aromatic nitrogens is 2. The third-order valence-corrected chi connectivity index (χ3v) is 4.25. The Hall–Kier alpha value is -3.12. The van der Waals surface area contributed by atoms with Gasteiger partial charge in [-0.2, -0.15) is 10.2 Å². The van der Waals surface area contributed by atoms with E-state index in [0.717, 1.165) is 28.3 Å². The number of halogens is 1. The monoisotopic (exact) mass is 396 g/mol. The molecule has 0 atom stereocenters. The maximum Gasteiger partial charge on any atom is 0.261 e. The lowest BCUT2D eigenvalue weighted by Gasteiger charge is -2.06. The molecule has 7 heteroatoms. The van der Waals surface area contributed by atoms with E-state index in [1.807, 2.05) is 68.4 Å². The molecule has 0 spiro atoms. The Balaban J connectivity index is 1.47. The Bertz CT molecular complexity index is 963. The van der Waals surface area contributed by atoms with Crippen LogP contribution in [0.25, 0.3) is 0 Å². The van der Waals surface area contributed by atoms with Gasteiger partial charge >= 0.3 is 0 Å². The number of carbonyl (C=O) groups is 1. The van der Waals surface area contributed by atoms with Crippen molar-refractivity contribution in [3.63, 3.8) is 0 Å². The van der Waals surface area contributed by atoms with Crippen molar-refractivity contribution in [1.29, 1.82) is 0 Å². The fourth-order valence-electron chi connectivity index (χ4n) is 2.58. The Morgan fingerprint density at radius 1 is 1.18 bits per heavy atom. The smallest absolute Gasteiger partial charge is 0.261 e. The molecule has 0 aliphatic rings. The van der Waals surface area contributed by atoms with Gasteiger partial charge in [0.15, 0.2) is 0 Å². The van der Waals surface area contributed by atoms with E-state index in [1.54, 1.807) is 10.9 Å². The van der Waals surface area contributed by atoms with Gasteiger partial charge in [-0.05, 0) is 67.4 Å². The van der Waals surface area contributed by atoms with Crippen LogP contribution in [-0.2, 0) is 17.9 Å². The molecule has 0 aliphatic carbocycles. The molecule has 0 aliphatic heterocycles. The summed E-state index contributed by atoms with van der Waals surface area (Å²) in [6.07, 6.45) is 1.59. The number of ether oxygens (including phenoxy) is 1. The number of benzene rings is 2. The van der Waals surface area contributed by atoms with Crippen LogP contribution < -0.4 is 10.2 Å². The van der Waals surface area contributed by atoms with E-state index >= 15 is 0 Å². The summed E-state index contributed by atoms with van der Waals surface area (Å²) in [6.45, 7) is 4.40. The van der Waals surface area contributed by atoms with E-state index in [1.165, 1.54) is 0 Å². The van der Waals surface area contributed by atoms with E-state index in [-0.39, 0.29) is 12.5 Å². The summed E-state index contributed by atoms with van der Waals surface area (Å²) in [7, 11) is 0. The zero-order chi connectivity index (χ0) is 19.9. The molecule has 6 nitrogen and oxygen atoms in total. The molecule has 3 rings (SSSR count). The fraction of sp³-hybridized carbons (Fsp3) is 0.190. The maximum atomic E-state index is 11.9. The standard InChI is InChI=1S/C21H21ClN4O2/c1-15-11-16(2)26(25-15)13-21(27)24-23-12-17-5-9-20(10-6-17)28-14-18-3-7-19(22)8-4-18/h3-12H,13-14H2,1-2H3,(H,24,27)/b23-12-. The number of amides is 1. The van der Waals surface area contributed by atoms with E-state index in [2.05, 4.69) is 15.6 Å². The van der Waals surface area contributed by atoms with Crippen LogP contribution >= 0.6 is 11.6 Å². The van der Waals surface area contributed by atoms with Gasteiger partial charge in [0.05, 0.1) is 11.9 Å². The van der Waals surface area contributed by atoms with E-state index in [9.17, 15) is 4.79 Å². The molecule has 1 aromatic heterocycles. The number of carbonyl (C=O) groups excluding carboxylic acids is 1. The molecule has 0 bridgehead atoms. The van der Waals surface area contributed by atoms with Crippen molar-refractivity contribution in [2.45, 2.75) is 27.0 Å². The van der Waals surface area contributed by atoms with Crippen molar-refractivity contribution >= 4 is 23.7 Å². The topological polar surface area (TPSA) is 68.5 Å². The molecule has 3 aromatic rings. The van der Waals surface area contributed by atoms with Gasteiger partial charge in [0, 0.05) is 10.7 Å². The van der Waals surface area contributed by atoms with Gasteiger partial charge in [0.1, 0.15) is 18.9 Å². The van der Waals surface area contributed by atoms with Crippen molar-refractivity contribution < 1.29 is 9.53 Å². The van der Waals surface area contributed by atoms with E-state index in [4.69, 9.17) is 16.3 Å². The van der Waals surface area contributed by atoms with Gasteiger partial charge in [0.2, 0.25) is 0 Å².